The third-order valence-electron chi connectivity index (χ3n) is 1.98. The SMILES string of the molecule is Nc1ncnc2ccc(C#CCO)cc12. The smallest absolute Gasteiger partial charge is 0.134 e. The Labute approximate surface area is 86.8 Å². The summed E-state index contributed by atoms with van der Waals surface area (Å²) in [7, 11) is 0. The normalized spacial score (nSPS) is 9.67. The average molecular weight is 199 g/mol. The van der Waals surface area contributed by atoms with E-state index in [-0.39, 0.29) is 6.61 Å². The Balaban J connectivity index is 2.59. The van der Waals surface area contributed by atoms with Crippen LogP contribution in [0.4, 0.5) is 5.82 Å². The Hall–Kier alpha value is -2.12. The van der Waals surface area contributed by atoms with Gasteiger partial charge in [-0.2, -0.15) is 0 Å². The van der Waals surface area contributed by atoms with Gasteiger partial charge in [-0.05, 0) is 18.2 Å². The Morgan fingerprint density at radius 1 is 1.33 bits per heavy atom. The standard InChI is InChI=1S/C11H9N3O/c12-11-9-6-8(2-1-5-15)3-4-10(9)13-7-14-11/h3-4,6-7,15H,5H2,(H2,12,13,14). The number of nitrogen functional groups attached to an aromatic ring is 1. The number of benzene rings is 1. The molecule has 74 valence electrons. The lowest BCUT2D eigenvalue weighted by Gasteiger charge is -1.99. The van der Waals surface area contributed by atoms with Crippen LogP contribution in [0.1, 0.15) is 5.56 Å². The van der Waals surface area contributed by atoms with Crippen molar-refractivity contribution in [2.45, 2.75) is 0 Å². The van der Waals surface area contributed by atoms with E-state index in [2.05, 4.69) is 21.8 Å². The van der Waals surface area contributed by atoms with Crippen molar-refractivity contribution < 1.29 is 5.11 Å². The van der Waals surface area contributed by atoms with Crippen molar-refractivity contribution in [3.05, 3.63) is 30.1 Å². The Morgan fingerprint density at radius 3 is 3.00 bits per heavy atom. The van der Waals surface area contributed by atoms with Crippen molar-refractivity contribution in [1.29, 1.82) is 0 Å². The molecule has 0 fully saturated rings. The number of rotatable bonds is 0. The van der Waals surface area contributed by atoms with Crippen LogP contribution >= 0.6 is 0 Å². The molecular formula is C11H9N3O. The second kappa shape index (κ2) is 3.95. The Bertz CT molecular complexity index is 554. The summed E-state index contributed by atoms with van der Waals surface area (Å²) in [4.78, 5) is 7.97. The van der Waals surface area contributed by atoms with Gasteiger partial charge in [0.1, 0.15) is 18.8 Å². The maximum Gasteiger partial charge on any atom is 0.134 e. The van der Waals surface area contributed by atoms with Gasteiger partial charge in [0, 0.05) is 10.9 Å². The minimum absolute atomic E-state index is 0.154. The molecule has 0 spiro atoms. The van der Waals surface area contributed by atoms with Gasteiger partial charge in [-0.3, -0.25) is 0 Å². The number of aliphatic hydroxyl groups excluding tert-OH is 1. The van der Waals surface area contributed by atoms with E-state index in [4.69, 9.17) is 10.8 Å². The van der Waals surface area contributed by atoms with Gasteiger partial charge in [0.2, 0.25) is 0 Å². The Kier molecular flexibility index (Phi) is 2.48. The van der Waals surface area contributed by atoms with Gasteiger partial charge in [-0.1, -0.05) is 11.8 Å². The molecule has 2 rings (SSSR count). The molecule has 15 heavy (non-hydrogen) atoms. The molecule has 2 aromatic rings. The predicted molar refractivity (Wildman–Crippen MR) is 57.9 cm³/mol. The maximum absolute atomic E-state index is 8.57. The number of hydrogen-bond donors (Lipinski definition) is 2. The van der Waals surface area contributed by atoms with Crippen LogP contribution < -0.4 is 5.73 Å². The van der Waals surface area contributed by atoms with Gasteiger partial charge < -0.3 is 10.8 Å². The number of hydrogen-bond acceptors (Lipinski definition) is 4. The molecule has 0 saturated heterocycles. The van der Waals surface area contributed by atoms with Crippen LogP contribution in [0, 0.1) is 11.8 Å². The number of nitrogens with zero attached hydrogens (tertiary/aromatic N) is 2. The third kappa shape index (κ3) is 1.87. The summed E-state index contributed by atoms with van der Waals surface area (Å²) in [5.74, 6) is 5.81. The molecule has 4 nitrogen and oxygen atoms in total. The van der Waals surface area contributed by atoms with Crippen LogP contribution in [-0.2, 0) is 0 Å². The van der Waals surface area contributed by atoms with Gasteiger partial charge in [0.25, 0.3) is 0 Å². The van der Waals surface area contributed by atoms with Crippen molar-refractivity contribution in [2.24, 2.45) is 0 Å². The minimum atomic E-state index is -0.154. The minimum Gasteiger partial charge on any atom is -0.384 e. The van der Waals surface area contributed by atoms with Crippen LogP contribution in [-0.4, -0.2) is 21.7 Å². The molecular weight excluding hydrogens is 190 g/mol. The second-order valence-electron chi connectivity index (χ2n) is 2.95. The fourth-order valence-corrected chi connectivity index (χ4v) is 1.30. The summed E-state index contributed by atoms with van der Waals surface area (Å²) in [5.41, 5.74) is 7.28. The topological polar surface area (TPSA) is 72.0 Å². The highest BCUT2D eigenvalue weighted by atomic mass is 16.2. The van der Waals surface area contributed by atoms with E-state index >= 15 is 0 Å². The van der Waals surface area contributed by atoms with Crippen molar-refractivity contribution in [2.75, 3.05) is 12.3 Å². The molecule has 0 aliphatic rings. The lowest BCUT2D eigenvalue weighted by Crippen LogP contribution is -1.93. The fourth-order valence-electron chi connectivity index (χ4n) is 1.30. The quantitative estimate of drug-likeness (QED) is 0.608. The van der Waals surface area contributed by atoms with Crippen molar-refractivity contribution in [3.8, 4) is 11.8 Å². The first-order chi connectivity index (χ1) is 7.31. The zero-order chi connectivity index (χ0) is 10.7. The highest BCUT2D eigenvalue weighted by Gasteiger charge is 1.99. The molecule has 0 unspecified atom stereocenters. The van der Waals surface area contributed by atoms with Crippen LogP contribution in [0.2, 0.25) is 0 Å². The molecule has 0 amide bonds. The molecule has 0 aliphatic carbocycles. The molecule has 1 aromatic heterocycles. The fraction of sp³-hybridized carbons (Fsp3) is 0.0909. The van der Waals surface area contributed by atoms with Gasteiger partial charge >= 0.3 is 0 Å². The van der Waals surface area contributed by atoms with Crippen molar-refractivity contribution >= 4 is 16.7 Å². The number of nitrogens with two attached hydrogens (primary N) is 1. The van der Waals surface area contributed by atoms with Gasteiger partial charge in [0.15, 0.2) is 0 Å². The lowest BCUT2D eigenvalue weighted by molar-refractivity contribution is 0.350. The molecule has 4 heteroatoms. The summed E-state index contributed by atoms with van der Waals surface area (Å²) >= 11 is 0. The molecule has 0 saturated carbocycles. The van der Waals surface area contributed by atoms with Crippen LogP contribution in [0.25, 0.3) is 10.9 Å². The molecule has 3 N–H and O–H groups in total. The first-order valence-corrected chi connectivity index (χ1v) is 4.41. The van der Waals surface area contributed by atoms with Crippen molar-refractivity contribution in [3.63, 3.8) is 0 Å². The van der Waals surface area contributed by atoms with E-state index in [1.807, 2.05) is 18.2 Å². The molecule has 0 aliphatic heterocycles. The molecule has 0 radical (unpaired) electrons. The maximum atomic E-state index is 8.57. The number of aliphatic hydroxyl groups is 1. The van der Waals surface area contributed by atoms with E-state index in [1.165, 1.54) is 6.33 Å². The summed E-state index contributed by atoms with van der Waals surface area (Å²) < 4.78 is 0. The summed E-state index contributed by atoms with van der Waals surface area (Å²) in [6, 6.07) is 5.47. The van der Waals surface area contributed by atoms with E-state index < -0.39 is 0 Å². The first-order valence-electron chi connectivity index (χ1n) is 4.41. The zero-order valence-electron chi connectivity index (χ0n) is 7.94. The molecule has 0 bridgehead atoms. The first kappa shape index (κ1) is 9.44. The Morgan fingerprint density at radius 2 is 2.20 bits per heavy atom. The van der Waals surface area contributed by atoms with Gasteiger partial charge in [-0.15, -0.1) is 0 Å². The van der Waals surface area contributed by atoms with E-state index in [0.717, 1.165) is 16.5 Å². The van der Waals surface area contributed by atoms with E-state index in [1.54, 1.807) is 0 Å². The van der Waals surface area contributed by atoms with Gasteiger partial charge in [-0.25, -0.2) is 9.97 Å². The lowest BCUT2D eigenvalue weighted by atomic mass is 10.1. The highest BCUT2D eigenvalue weighted by Crippen LogP contribution is 2.17. The van der Waals surface area contributed by atoms with Crippen LogP contribution in [0.3, 0.4) is 0 Å². The zero-order valence-corrected chi connectivity index (χ0v) is 7.94. The number of anilines is 1. The second-order valence-corrected chi connectivity index (χ2v) is 2.95. The monoisotopic (exact) mass is 199 g/mol. The van der Waals surface area contributed by atoms with E-state index in [0.29, 0.717) is 5.82 Å². The van der Waals surface area contributed by atoms with Gasteiger partial charge in [0.05, 0.1) is 5.52 Å². The third-order valence-corrected chi connectivity index (χ3v) is 1.98. The predicted octanol–water partition coefficient (Wildman–Crippen LogP) is 0.556. The summed E-state index contributed by atoms with van der Waals surface area (Å²) in [6.45, 7) is -0.154. The van der Waals surface area contributed by atoms with Crippen LogP contribution in [0.15, 0.2) is 24.5 Å². The van der Waals surface area contributed by atoms with Crippen LogP contribution in [0.5, 0.6) is 0 Å². The number of fused-ring (bicyclic) bond motifs is 1. The summed E-state index contributed by atoms with van der Waals surface area (Å²) in [5, 5.41) is 9.35. The molecule has 0 atom stereocenters. The molecule has 1 aromatic carbocycles. The van der Waals surface area contributed by atoms with Crippen molar-refractivity contribution in [1.82, 2.24) is 9.97 Å². The largest absolute Gasteiger partial charge is 0.384 e. The summed E-state index contributed by atoms with van der Waals surface area (Å²) in [6.07, 6.45) is 1.43. The molecule has 1 heterocycles. The number of aromatic nitrogens is 2. The average Bonchev–Trinajstić information content (AvgIpc) is 2.27. The highest BCUT2D eigenvalue weighted by molar-refractivity contribution is 5.88. The van der Waals surface area contributed by atoms with E-state index in [9.17, 15) is 0 Å².